The molecule has 0 atom stereocenters. The molecule has 0 saturated carbocycles. The summed E-state index contributed by atoms with van der Waals surface area (Å²) < 4.78 is 36.0. The minimum absolute atomic E-state index is 0.129. The SMILES string of the molecule is Cc1cccc(F)c1NC(=O)c1cc2c(s1)-c1cccc(F)c1N(C(=O)c1cccc(N3CCOC4=C(C=CCC4)C3)n1)CC2. The van der Waals surface area contributed by atoms with Crippen molar-refractivity contribution in [1.29, 1.82) is 0 Å². The molecule has 2 amide bonds. The number of fused-ring (bicyclic) bond motifs is 3. The number of amides is 2. The molecule has 10 heteroatoms. The monoisotopic (exact) mass is 624 g/mol. The number of halogens is 2. The standard InChI is InChI=1S/C35H30F2N4O3S/c1-21-7-4-10-25(36)31(21)39-34(42)29-19-22-15-16-41(32-24(33(22)45-29)9-5-11-26(32)37)35(43)27-12-6-14-30(38-27)40-17-18-44-28-13-3-2-8-23(28)20-40/h2,4-12,14,19H,3,13,15-18,20H2,1H3,(H,39,42). The molecule has 0 unspecified atom stereocenters. The van der Waals surface area contributed by atoms with Gasteiger partial charge in [-0.05, 0) is 61.2 Å². The third-order valence-electron chi connectivity index (χ3n) is 8.34. The number of nitrogens with zero attached hydrogens (tertiary/aromatic N) is 3. The Balaban J connectivity index is 1.18. The summed E-state index contributed by atoms with van der Waals surface area (Å²) in [7, 11) is 0. The number of benzene rings is 2. The molecular weight excluding hydrogens is 594 g/mol. The number of hydrogen-bond acceptors (Lipinski definition) is 6. The second kappa shape index (κ2) is 11.9. The summed E-state index contributed by atoms with van der Waals surface area (Å²) in [4.78, 5) is 36.6. The largest absolute Gasteiger partial charge is 0.496 e. The number of para-hydroxylation sites is 2. The molecule has 3 aliphatic rings. The van der Waals surface area contributed by atoms with Gasteiger partial charge in [0.15, 0.2) is 0 Å². The molecule has 1 N–H and O–H groups in total. The van der Waals surface area contributed by atoms with Gasteiger partial charge in [0.2, 0.25) is 0 Å². The molecule has 2 aromatic carbocycles. The number of rotatable bonds is 4. The highest BCUT2D eigenvalue weighted by Gasteiger charge is 2.31. The van der Waals surface area contributed by atoms with E-state index in [4.69, 9.17) is 9.72 Å². The zero-order chi connectivity index (χ0) is 31.1. The van der Waals surface area contributed by atoms with Crippen LogP contribution in [0.1, 0.15) is 44.1 Å². The molecule has 0 radical (unpaired) electrons. The molecule has 7 nitrogen and oxygen atoms in total. The summed E-state index contributed by atoms with van der Waals surface area (Å²) >= 11 is 1.20. The fourth-order valence-corrected chi connectivity index (χ4v) is 7.19. The molecule has 45 heavy (non-hydrogen) atoms. The van der Waals surface area contributed by atoms with Crippen LogP contribution in [0, 0.1) is 18.6 Å². The van der Waals surface area contributed by atoms with Gasteiger partial charge in [-0.15, -0.1) is 11.3 Å². The topological polar surface area (TPSA) is 74.8 Å². The quantitative estimate of drug-likeness (QED) is 0.258. The summed E-state index contributed by atoms with van der Waals surface area (Å²) in [5.41, 5.74) is 3.55. The van der Waals surface area contributed by atoms with E-state index >= 15 is 4.39 Å². The molecule has 0 fully saturated rings. The highest BCUT2D eigenvalue weighted by Crippen LogP contribution is 2.43. The summed E-state index contributed by atoms with van der Waals surface area (Å²) in [6.45, 7) is 3.69. The van der Waals surface area contributed by atoms with Gasteiger partial charge >= 0.3 is 0 Å². The Bertz CT molecular complexity index is 1880. The number of carbonyl (C=O) groups is 2. The normalized spacial score (nSPS) is 15.8. The van der Waals surface area contributed by atoms with Crippen LogP contribution in [0.4, 0.5) is 26.0 Å². The Hall–Kier alpha value is -4.83. The first kappa shape index (κ1) is 28.9. The second-order valence-corrected chi connectivity index (χ2v) is 12.3. The van der Waals surface area contributed by atoms with Crippen LogP contribution in [-0.4, -0.2) is 43.0 Å². The van der Waals surface area contributed by atoms with Crippen LogP contribution < -0.4 is 15.1 Å². The summed E-state index contributed by atoms with van der Waals surface area (Å²) in [5.74, 6) is -0.245. The van der Waals surface area contributed by atoms with E-state index in [-0.39, 0.29) is 23.6 Å². The third-order valence-corrected chi connectivity index (χ3v) is 9.55. The van der Waals surface area contributed by atoms with Crippen LogP contribution in [0.15, 0.2) is 84.1 Å². The zero-order valence-electron chi connectivity index (χ0n) is 24.6. The third kappa shape index (κ3) is 5.50. The lowest BCUT2D eigenvalue weighted by Crippen LogP contribution is -2.34. The maximum atomic E-state index is 15.6. The first-order valence-electron chi connectivity index (χ1n) is 14.9. The molecular formula is C35H30F2N4O3S. The number of pyridine rings is 1. The van der Waals surface area contributed by atoms with E-state index in [2.05, 4.69) is 22.4 Å². The zero-order valence-corrected chi connectivity index (χ0v) is 25.4. The lowest BCUT2D eigenvalue weighted by atomic mass is 10.0. The predicted molar refractivity (Wildman–Crippen MR) is 172 cm³/mol. The van der Waals surface area contributed by atoms with Gasteiger partial charge in [-0.2, -0.15) is 0 Å². The number of aryl methyl sites for hydroxylation is 1. The minimum atomic E-state index is -0.542. The molecule has 4 aromatic rings. The van der Waals surface area contributed by atoms with Gasteiger partial charge in [-0.25, -0.2) is 13.8 Å². The van der Waals surface area contributed by atoms with Crippen LogP contribution in [0.3, 0.4) is 0 Å². The van der Waals surface area contributed by atoms with E-state index in [0.29, 0.717) is 52.8 Å². The number of ether oxygens (including phenoxy) is 1. The molecule has 0 bridgehead atoms. The summed E-state index contributed by atoms with van der Waals surface area (Å²) in [6, 6.07) is 16.4. The number of thiophene rings is 1. The molecule has 2 aromatic heterocycles. The van der Waals surface area contributed by atoms with Crippen molar-refractivity contribution in [1.82, 2.24) is 4.98 Å². The van der Waals surface area contributed by atoms with Crippen molar-refractivity contribution in [3.63, 3.8) is 0 Å². The maximum absolute atomic E-state index is 15.6. The molecule has 0 spiro atoms. The predicted octanol–water partition coefficient (Wildman–Crippen LogP) is 7.29. The number of nitrogens with one attached hydrogen (secondary N) is 1. The molecule has 1 aliphatic carbocycles. The Kier molecular flexibility index (Phi) is 7.66. The van der Waals surface area contributed by atoms with Crippen molar-refractivity contribution < 1.29 is 23.1 Å². The van der Waals surface area contributed by atoms with Gasteiger partial charge in [0.05, 0.1) is 22.8 Å². The first-order valence-corrected chi connectivity index (χ1v) is 15.7. The van der Waals surface area contributed by atoms with Crippen molar-refractivity contribution in [2.45, 2.75) is 26.2 Å². The van der Waals surface area contributed by atoms with Crippen molar-refractivity contribution in [2.75, 3.05) is 41.4 Å². The van der Waals surface area contributed by atoms with Gasteiger partial charge in [0.1, 0.15) is 35.5 Å². The highest BCUT2D eigenvalue weighted by molar-refractivity contribution is 7.17. The summed E-state index contributed by atoms with van der Waals surface area (Å²) in [6.07, 6.45) is 6.47. The van der Waals surface area contributed by atoms with Gasteiger partial charge in [0, 0.05) is 35.5 Å². The van der Waals surface area contributed by atoms with Crippen LogP contribution in [0.2, 0.25) is 0 Å². The fraction of sp³-hybridized carbons (Fsp3) is 0.229. The van der Waals surface area contributed by atoms with Crippen molar-refractivity contribution in [2.24, 2.45) is 0 Å². The number of allylic oxidation sites excluding steroid dienone is 2. The number of hydrogen-bond donors (Lipinski definition) is 1. The van der Waals surface area contributed by atoms with E-state index in [9.17, 15) is 14.0 Å². The molecule has 0 saturated heterocycles. The second-order valence-electron chi connectivity index (χ2n) is 11.2. The Morgan fingerprint density at radius 3 is 2.69 bits per heavy atom. The van der Waals surface area contributed by atoms with Gasteiger partial charge in [0.25, 0.3) is 11.8 Å². The van der Waals surface area contributed by atoms with Crippen LogP contribution in [0.5, 0.6) is 0 Å². The van der Waals surface area contributed by atoms with Crippen molar-refractivity contribution in [3.05, 3.63) is 117 Å². The Morgan fingerprint density at radius 2 is 1.82 bits per heavy atom. The van der Waals surface area contributed by atoms with E-state index < -0.39 is 23.4 Å². The summed E-state index contributed by atoms with van der Waals surface area (Å²) in [5, 5.41) is 2.69. The minimum Gasteiger partial charge on any atom is -0.496 e. The highest BCUT2D eigenvalue weighted by atomic mass is 32.1. The molecule has 4 heterocycles. The average Bonchev–Trinajstić information content (AvgIpc) is 3.26. The van der Waals surface area contributed by atoms with Crippen molar-refractivity contribution in [3.8, 4) is 10.4 Å². The van der Waals surface area contributed by atoms with Crippen LogP contribution >= 0.6 is 11.3 Å². The van der Waals surface area contributed by atoms with Gasteiger partial charge in [-0.3, -0.25) is 9.59 Å². The van der Waals surface area contributed by atoms with E-state index in [1.807, 2.05) is 6.07 Å². The van der Waals surface area contributed by atoms with Crippen LogP contribution in [0.25, 0.3) is 10.4 Å². The molecule has 2 aliphatic heterocycles. The smallest absolute Gasteiger partial charge is 0.277 e. The molecule has 228 valence electrons. The average molecular weight is 625 g/mol. The Morgan fingerprint density at radius 1 is 1.00 bits per heavy atom. The van der Waals surface area contributed by atoms with Crippen LogP contribution in [-0.2, 0) is 11.2 Å². The lowest BCUT2D eigenvalue weighted by Gasteiger charge is -2.25. The van der Waals surface area contributed by atoms with E-state index in [1.165, 1.54) is 28.4 Å². The van der Waals surface area contributed by atoms with Crippen molar-refractivity contribution >= 4 is 40.3 Å². The Labute approximate surface area is 263 Å². The van der Waals surface area contributed by atoms with E-state index in [0.717, 1.165) is 29.7 Å². The fourth-order valence-electron chi connectivity index (χ4n) is 6.06. The number of carbonyl (C=O) groups excluding carboxylic acids is 2. The number of anilines is 3. The maximum Gasteiger partial charge on any atom is 0.277 e. The van der Waals surface area contributed by atoms with E-state index in [1.54, 1.807) is 49.4 Å². The lowest BCUT2D eigenvalue weighted by molar-refractivity contribution is 0.0980. The molecule has 7 rings (SSSR count). The van der Waals surface area contributed by atoms with Gasteiger partial charge < -0.3 is 19.9 Å². The van der Waals surface area contributed by atoms with Gasteiger partial charge in [-0.1, -0.05) is 42.5 Å². The number of aromatic nitrogens is 1. The first-order chi connectivity index (χ1) is 21.9.